The van der Waals surface area contributed by atoms with E-state index in [-0.39, 0.29) is 36.4 Å². The Morgan fingerprint density at radius 3 is 2.39 bits per heavy atom. The van der Waals surface area contributed by atoms with Gasteiger partial charge < -0.3 is 35.8 Å². The van der Waals surface area contributed by atoms with Crippen molar-refractivity contribution in [3.8, 4) is 16.9 Å². The molecule has 7 rings (SSSR count). The maximum Gasteiger partial charge on any atom is 0.252 e. The van der Waals surface area contributed by atoms with E-state index < -0.39 is 36.1 Å². The summed E-state index contributed by atoms with van der Waals surface area (Å²) in [7, 11) is 6.90. The fraction of sp³-hybridized carbons (Fsp3) is 0.523. The number of ether oxygens (including phenoxy) is 1. The molecule has 1 saturated heterocycles. The summed E-state index contributed by atoms with van der Waals surface area (Å²) in [5.41, 5.74) is 4.44. The third-order valence-corrected chi connectivity index (χ3v) is 12.8. The van der Waals surface area contributed by atoms with Crippen molar-refractivity contribution in [1.82, 2.24) is 21.0 Å². The first-order valence-electron chi connectivity index (χ1n) is 19.8. The van der Waals surface area contributed by atoms with Crippen LogP contribution in [0, 0.1) is 29.1 Å². The van der Waals surface area contributed by atoms with Crippen LogP contribution in [0.4, 0.5) is 5.69 Å². The van der Waals surface area contributed by atoms with E-state index in [1.54, 1.807) is 38.3 Å². The summed E-state index contributed by atoms with van der Waals surface area (Å²) in [6, 6.07) is 19.1. The maximum absolute atomic E-state index is 14.3. The van der Waals surface area contributed by atoms with Gasteiger partial charge in [0, 0.05) is 61.9 Å². The molecule has 0 spiro atoms. The van der Waals surface area contributed by atoms with E-state index >= 15 is 0 Å². The molecule has 3 aromatic rings. The van der Waals surface area contributed by atoms with E-state index in [1.807, 2.05) is 73.6 Å². The highest BCUT2D eigenvalue weighted by Gasteiger charge is 2.57. The number of aliphatic hydroxyl groups is 2. The van der Waals surface area contributed by atoms with Crippen LogP contribution in [-0.4, -0.2) is 98.2 Å². The normalized spacial score (nSPS) is 26.4. The highest BCUT2D eigenvalue weighted by Crippen LogP contribution is 2.61. The molecule has 3 aliphatic carbocycles. The summed E-state index contributed by atoms with van der Waals surface area (Å²) in [5, 5.41) is 31.8. The molecule has 56 heavy (non-hydrogen) atoms. The van der Waals surface area contributed by atoms with E-state index in [1.165, 1.54) is 6.42 Å². The molecule has 3 saturated carbocycles. The van der Waals surface area contributed by atoms with Gasteiger partial charge in [0.2, 0.25) is 11.8 Å². The van der Waals surface area contributed by atoms with Crippen molar-refractivity contribution in [3.05, 3.63) is 83.4 Å². The van der Waals surface area contributed by atoms with Gasteiger partial charge in [-0.25, -0.2) is 0 Å². The van der Waals surface area contributed by atoms with Crippen molar-refractivity contribution in [2.24, 2.45) is 29.1 Å². The summed E-state index contributed by atoms with van der Waals surface area (Å²) in [4.78, 5) is 49.3. The number of nitrogens with one attached hydrogen (secondary N) is 3. The fourth-order valence-electron chi connectivity index (χ4n) is 9.46. The number of fused-ring (bicyclic) bond motifs is 2. The Balaban J connectivity index is 1.29. The lowest BCUT2D eigenvalue weighted by Gasteiger charge is -2.62. The van der Waals surface area contributed by atoms with Crippen molar-refractivity contribution in [2.45, 2.75) is 83.8 Å². The van der Waals surface area contributed by atoms with Crippen LogP contribution in [0.1, 0.15) is 62.0 Å². The summed E-state index contributed by atoms with van der Waals surface area (Å²) < 4.78 is 6.07. The monoisotopic (exact) mass is 769 g/mol. The highest BCUT2D eigenvalue weighted by atomic mass is 16.7. The molecule has 0 unspecified atom stereocenters. The van der Waals surface area contributed by atoms with E-state index in [0.29, 0.717) is 52.2 Å². The number of amides is 3. The van der Waals surface area contributed by atoms with Crippen LogP contribution in [0.3, 0.4) is 0 Å². The van der Waals surface area contributed by atoms with Gasteiger partial charge in [-0.05, 0) is 72.3 Å². The lowest BCUT2D eigenvalue weighted by Crippen LogP contribution is -2.62. The van der Waals surface area contributed by atoms with E-state index in [9.17, 15) is 24.6 Å². The number of likely N-dealkylation sites (N-methyl/N-ethyl adjacent to an activating group) is 1. The zero-order valence-corrected chi connectivity index (χ0v) is 33.9. The highest BCUT2D eigenvalue weighted by molar-refractivity contribution is 5.99. The first kappa shape index (κ1) is 41.2. The van der Waals surface area contributed by atoms with E-state index in [2.05, 4.69) is 36.7 Å². The summed E-state index contributed by atoms with van der Waals surface area (Å²) in [5.74, 6) is 0.331. The van der Waals surface area contributed by atoms with Gasteiger partial charge in [0.1, 0.15) is 23.9 Å². The zero-order chi connectivity index (χ0) is 40.5. The van der Waals surface area contributed by atoms with Crippen LogP contribution in [-0.2, 0) is 27.4 Å². The number of hydrogen-bond acceptors (Lipinski definition) is 9. The van der Waals surface area contributed by atoms with E-state index in [0.717, 1.165) is 17.7 Å². The van der Waals surface area contributed by atoms with Crippen LogP contribution >= 0.6 is 0 Å². The predicted molar refractivity (Wildman–Crippen MR) is 216 cm³/mol. The molecule has 4 aliphatic rings. The number of hydroxylamine groups is 2. The topological polar surface area (TPSA) is 153 Å². The molecule has 12 nitrogen and oxygen atoms in total. The van der Waals surface area contributed by atoms with Gasteiger partial charge in [0.25, 0.3) is 5.91 Å². The van der Waals surface area contributed by atoms with Gasteiger partial charge >= 0.3 is 0 Å². The molecule has 1 heterocycles. The minimum atomic E-state index is -0.925. The number of carbonyl (C=O) groups excluding carboxylic acids is 3. The Bertz CT molecular complexity index is 1880. The molecule has 0 aromatic heterocycles. The average Bonchev–Trinajstić information content (AvgIpc) is 3.56. The van der Waals surface area contributed by atoms with E-state index in [4.69, 9.17) is 9.57 Å². The number of rotatable bonds is 14. The van der Waals surface area contributed by atoms with Crippen molar-refractivity contribution < 1.29 is 34.2 Å². The lowest BCUT2D eigenvalue weighted by atomic mass is 9.45. The first-order chi connectivity index (χ1) is 26.7. The molecule has 5 N–H and O–H groups in total. The predicted octanol–water partition coefficient (Wildman–Crippen LogP) is 4.18. The second kappa shape index (κ2) is 16.9. The number of para-hydroxylation sites is 1. The summed E-state index contributed by atoms with van der Waals surface area (Å²) >= 11 is 0. The minimum Gasteiger partial charge on any atom is -0.496 e. The molecule has 302 valence electrons. The van der Waals surface area contributed by atoms with Crippen molar-refractivity contribution in [2.75, 3.05) is 39.8 Å². The second-order valence-electron chi connectivity index (χ2n) is 16.7. The molecular formula is C44H59N5O7. The van der Waals surface area contributed by atoms with Gasteiger partial charge in [-0.3, -0.25) is 19.2 Å². The fourth-order valence-corrected chi connectivity index (χ4v) is 9.46. The Hall–Kier alpha value is -4.49. The largest absolute Gasteiger partial charge is 0.496 e. The van der Waals surface area contributed by atoms with Crippen molar-refractivity contribution in [1.29, 1.82) is 0 Å². The molecule has 1 aliphatic heterocycles. The van der Waals surface area contributed by atoms with Gasteiger partial charge in [-0.2, -0.15) is 5.06 Å². The standard InChI is InChI=1S/C44H59N5O7/c1-25-34-21-31(44(34,3)4)22-35(25)46-43(54)39-38(26(2)51)37(24-50)56-49(39)23-28-15-12-16-33(40(28)55-8)29-18-30(20-32(19-29)48(6)7)41(52)47-36(42(53)45-5)17-27-13-10-9-11-14-27/h9-16,18-20,25-26,31,34-39,50-51H,17,21-24H2,1-8H3,(H,45,53)(H,46,54)(H,47,52)/t25-,26-,31+,34+,35-,36+,37-,38+,39-/m0/s1. The molecule has 0 radical (unpaired) electrons. The Morgan fingerprint density at radius 1 is 1.05 bits per heavy atom. The maximum atomic E-state index is 14.3. The SMILES string of the molecule is CNC(=O)[C@@H](Cc1ccccc1)NC(=O)c1cc(-c2cccc(CN3O[C@@H](CO)[C@@H]([C@H](C)O)[C@H]3C(=O)N[C@H]3C[C@H]4C[C@H]([C@@H]3C)C4(C)C)c2OC)cc(N(C)C)c1. The Kier molecular flexibility index (Phi) is 12.4. The van der Waals surface area contributed by atoms with Gasteiger partial charge in [0.15, 0.2) is 0 Å². The zero-order valence-electron chi connectivity index (χ0n) is 33.9. The third-order valence-electron chi connectivity index (χ3n) is 12.8. The van der Waals surface area contributed by atoms with Crippen LogP contribution in [0.25, 0.3) is 11.1 Å². The molecule has 9 atom stereocenters. The Morgan fingerprint density at radius 2 is 1.79 bits per heavy atom. The number of hydrogen-bond donors (Lipinski definition) is 5. The molecule has 4 fully saturated rings. The van der Waals surface area contributed by atoms with Crippen molar-refractivity contribution in [3.63, 3.8) is 0 Å². The van der Waals surface area contributed by atoms with Crippen LogP contribution in [0.2, 0.25) is 0 Å². The molecular weight excluding hydrogens is 711 g/mol. The number of aliphatic hydroxyl groups excluding tert-OH is 2. The third kappa shape index (κ3) is 8.16. The smallest absolute Gasteiger partial charge is 0.252 e. The van der Waals surface area contributed by atoms with Gasteiger partial charge in [0.05, 0.1) is 26.4 Å². The Labute approximate surface area is 330 Å². The van der Waals surface area contributed by atoms with Crippen LogP contribution in [0.15, 0.2) is 66.7 Å². The van der Waals surface area contributed by atoms with Crippen LogP contribution in [0.5, 0.6) is 5.75 Å². The van der Waals surface area contributed by atoms with Gasteiger partial charge in [-0.15, -0.1) is 0 Å². The number of carbonyl (C=O) groups is 3. The van der Waals surface area contributed by atoms with Gasteiger partial charge in [-0.1, -0.05) is 69.3 Å². The number of methoxy groups -OCH3 is 1. The molecule has 3 aromatic carbocycles. The van der Waals surface area contributed by atoms with Crippen molar-refractivity contribution >= 4 is 23.4 Å². The van der Waals surface area contributed by atoms with Crippen LogP contribution < -0.4 is 25.6 Å². The summed E-state index contributed by atoms with van der Waals surface area (Å²) in [6.45, 7) is 8.27. The summed E-state index contributed by atoms with van der Waals surface area (Å²) in [6.07, 6.45) is 0.716. The number of anilines is 1. The average molecular weight is 770 g/mol. The number of nitrogens with zero attached hydrogens (tertiary/aromatic N) is 2. The minimum absolute atomic E-state index is 0.0159. The molecule has 12 heteroatoms. The second-order valence-corrected chi connectivity index (χ2v) is 16.7. The molecule has 2 bridgehead atoms. The quantitative estimate of drug-likeness (QED) is 0.163. The lowest BCUT2D eigenvalue weighted by molar-refractivity contribution is -0.183. The molecule has 3 amide bonds. The number of benzene rings is 3. The first-order valence-corrected chi connectivity index (χ1v) is 19.8.